The van der Waals surface area contributed by atoms with Crippen LogP contribution in [0.4, 0.5) is 0 Å². The molecule has 0 aliphatic rings. The zero-order valence-corrected chi connectivity index (χ0v) is 12.7. The molecule has 0 radical (unpaired) electrons. The second kappa shape index (κ2) is 7.89. The van der Waals surface area contributed by atoms with Gasteiger partial charge in [-0.2, -0.15) is 0 Å². The number of benzene rings is 1. The maximum absolute atomic E-state index is 9.23. The number of aliphatic hydroxyl groups is 1. The van der Waals surface area contributed by atoms with Crippen LogP contribution in [0.5, 0.6) is 0 Å². The Balaban J connectivity index is 2.34. The molecule has 0 amide bonds. The molecule has 102 valence electrons. The van der Waals surface area contributed by atoms with E-state index in [2.05, 4.69) is 40.0 Å². The van der Waals surface area contributed by atoms with Crippen LogP contribution in [0.1, 0.15) is 31.4 Å². The first-order valence-electron chi connectivity index (χ1n) is 6.36. The van der Waals surface area contributed by atoms with Crippen LogP contribution in [0, 0.1) is 0 Å². The number of nitrogens with two attached hydrogens (primary N) is 1. The summed E-state index contributed by atoms with van der Waals surface area (Å²) in [6, 6.07) is 8.21. The van der Waals surface area contributed by atoms with Gasteiger partial charge in [-0.3, -0.25) is 0 Å². The van der Waals surface area contributed by atoms with Gasteiger partial charge in [0.15, 0.2) is 0 Å². The normalized spacial score (nSPS) is 14.8. The molecule has 0 aliphatic carbocycles. The van der Waals surface area contributed by atoms with Crippen molar-refractivity contribution in [3.8, 4) is 0 Å². The Bertz CT molecular complexity index is 357. The summed E-state index contributed by atoms with van der Waals surface area (Å²) in [4.78, 5) is 2.21. The molecular formula is C14H23BrN2O. The second-order valence-electron chi connectivity index (χ2n) is 4.89. The van der Waals surface area contributed by atoms with Crippen molar-refractivity contribution in [3.63, 3.8) is 0 Å². The average molecular weight is 315 g/mol. The molecule has 3 nitrogen and oxygen atoms in total. The molecule has 1 aromatic rings. The second-order valence-corrected chi connectivity index (χ2v) is 5.81. The van der Waals surface area contributed by atoms with Crippen LogP contribution in [-0.4, -0.2) is 36.2 Å². The monoisotopic (exact) mass is 314 g/mol. The van der Waals surface area contributed by atoms with Crippen LogP contribution in [-0.2, 0) is 0 Å². The zero-order chi connectivity index (χ0) is 13.5. The standard InChI is InChI=1S/C14H23BrN2O/c1-11(18)6-8-17(2)9-7-14(16)12-4-3-5-13(15)10-12/h3-5,10-11,14,18H,6-9,16H2,1-2H3. The quantitative estimate of drug-likeness (QED) is 0.813. The van der Waals surface area contributed by atoms with Gasteiger partial charge in [-0.25, -0.2) is 0 Å². The number of aliphatic hydroxyl groups excluding tert-OH is 1. The third-order valence-corrected chi connectivity index (χ3v) is 3.52. The first-order valence-corrected chi connectivity index (χ1v) is 7.16. The number of rotatable bonds is 7. The highest BCUT2D eigenvalue weighted by atomic mass is 79.9. The molecule has 4 heteroatoms. The van der Waals surface area contributed by atoms with E-state index in [9.17, 15) is 5.11 Å². The first kappa shape index (κ1) is 15.6. The van der Waals surface area contributed by atoms with Gasteiger partial charge in [0.25, 0.3) is 0 Å². The first-order chi connectivity index (χ1) is 8.49. The van der Waals surface area contributed by atoms with E-state index in [1.807, 2.05) is 19.1 Å². The maximum atomic E-state index is 9.23. The molecule has 18 heavy (non-hydrogen) atoms. The largest absolute Gasteiger partial charge is 0.393 e. The number of hydrogen-bond donors (Lipinski definition) is 2. The lowest BCUT2D eigenvalue weighted by atomic mass is 10.0. The number of nitrogens with zero attached hydrogens (tertiary/aromatic N) is 1. The summed E-state index contributed by atoms with van der Waals surface area (Å²) in [5.41, 5.74) is 7.33. The van der Waals surface area contributed by atoms with E-state index in [1.54, 1.807) is 0 Å². The summed E-state index contributed by atoms with van der Waals surface area (Å²) in [6.07, 6.45) is 1.50. The fourth-order valence-corrected chi connectivity index (χ4v) is 2.20. The van der Waals surface area contributed by atoms with Gasteiger partial charge in [0.1, 0.15) is 0 Å². The lowest BCUT2D eigenvalue weighted by Crippen LogP contribution is -2.26. The molecule has 0 saturated heterocycles. The van der Waals surface area contributed by atoms with E-state index in [-0.39, 0.29) is 12.1 Å². The van der Waals surface area contributed by atoms with Crippen molar-refractivity contribution in [1.82, 2.24) is 4.90 Å². The van der Waals surface area contributed by atoms with E-state index in [0.717, 1.165) is 36.0 Å². The molecule has 0 saturated carbocycles. The van der Waals surface area contributed by atoms with E-state index < -0.39 is 0 Å². The molecule has 1 rings (SSSR count). The lowest BCUT2D eigenvalue weighted by molar-refractivity contribution is 0.163. The average Bonchev–Trinajstić information content (AvgIpc) is 2.33. The number of hydrogen-bond acceptors (Lipinski definition) is 3. The SMILES string of the molecule is CC(O)CCN(C)CCC(N)c1cccc(Br)c1. The van der Waals surface area contributed by atoms with Crippen molar-refractivity contribution in [2.45, 2.75) is 31.9 Å². The van der Waals surface area contributed by atoms with Crippen LogP contribution >= 0.6 is 15.9 Å². The summed E-state index contributed by atoms with van der Waals surface area (Å²) in [5, 5.41) is 9.23. The van der Waals surface area contributed by atoms with Crippen LogP contribution in [0.2, 0.25) is 0 Å². The Morgan fingerprint density at radius 2 is 2.00 bits per heavy atom. The zero-order valence-electron chi connectivity index (χ0n) is 11.1. The van der Waals surface area contributed by atoms with Crippen LogP contribution in [0.15, 0.2) is 28.7 Å². The van der Waals surface area contributed by atoms with Crippen molar-refractivity contribution < 1.29 is 5.11 Å². The number of halogens is 1. The minimum Gasteiger partial charge on any atom is -0.393 e. The van der Waals surface area contributed by atoms with Gasteiger partial charge in [-0.1, -0.05) is 28.1 Å². The Hall–Kier alpha value is -0.420. The summed E-state index contributed by atoms with van der Waals surface area (Å²) in [6.45, 7) is 3.67. The molecule has 3 N–H and O–H groups in total. The van der Waals surface area contributed by atoms with Gasteiger partial charge >= 0.3 is 0 Å². The topological polar surface area (TPSA) is 49.5 Å². The van der Waals surface area contributed by atoms with Crippen LogP contribution in [0.3, 0.4) is 0 Å². The predicted octanol–water partition coefficient (Wildman–Crippen LogP) is 2.54. The molecule has 0 bridgehead atoms. The lowest BCUT2D eigenvalue weighted by Gasteiger charge is -2.20. The molecule has 2 atom stereocenters. The van der Waals surface area contributed by atoms with Gasteiger partial charge in [0.05, 0.1) is 6.10 Å². The Kier molecular flexibility index (Phi) is 6.86. The van der Waals surface area contributed by atoms with E-state index >= 15 is 0 Å². The summed E-state index contributed by atoms with van der Waals surface area (Å²) in [5.74, 6) is 0. The Morgan fingerprint density at radius 3 is 2.61 bits per heavy atom. The minimum atomic E-state index is -0.230. The molecule has 1 aromatic carbocycles. The molecule has 0 aromatic heterocycles. The molecule has 0 heterocycles. The van der Waals surface area contributed by atoms with Gasteiger partial charge in [0, 0.05) is 17.1 Å². The Labute approximate surface area is 118 Å². The molecule has 0 spiro atoms. The van der Waals surface area contributed by atoms with Crippen molar-refractivity contribution in [3.05, 3.63) is 34.3 Å². The smallest absolute Gasteiger partial charge is 0.0524 e. The van der Waals surface area contributed by atoms with Gasteiger partial charge < -0.3 is 15.7 Å². The molecular weight excluding hydrogens is 292 g/mol. The highest BCUT2D eigenvalue weighted by Crippen LogP contribution is 2.19. The molecule has 2 unspecified atom stereocenters. The fraction of sp³-hybridized carbons (Fsp3) is 0.571. The van der Waals surface area contributed by atoms with Crippen LogP contribution < -0.4 is 5.73 Å². The molecule has 0 fully saturated rings. The summed E-state index contributed by atoms with van der Waals surface area (Å²) >= 11 is 3.46. The van der Waals surface area contributed by atoms with Gasteiger partial charge in [0.2, 0.25) is 0 Å². The molecule has 0 aliphatic heterocycles. The van der Waals surface area contributed by atoms with Crippen molar-refractivity contribution in [2.75, 3.05) is 20.1 Å². The van der Waals surface area contributed by atoms with Gasteiger partial charge in [-0.15, -0.1) is 0 Å². The van der Waals surface area contributed by atoms with E-state index in [4.69, 9.17) is 5.73 Å². The predicted molar refractivity (Wildman–Crippen MR) is 79.5 cm³/mol. The van der Waals surface area contributed by atoms with Crippen LogP contribution in [0.25, 0.3) is 0 Å². The Morgan fingerprint density at radius 1 is 1.33 bits per heavy atom. The highest BCUT2D eigenvalue weighted by Gasteiger charge is 2.08. The summed E-state index contributed by atoms with van der Waals surface area (Å²) < 4.78 is 1.07. The highest BCUT2D eigenvalue weighted by molar-refractivity contribution is 9.10. The summed E-state index contributed by atoms with van der Waals surface area (Å²) in [7, 11) is 2.07. The third-order valence-electron chi connectivity index (χ3n) is 3.03. The maximum Gasteiger partial charge on any atom is 0.0524 e. The van der Waals surface area contributed by atoms with E-state index in [1.165, 1.54) is 0 Å². The van der Waals surface area contributed by atoms with Crippen molar-refractivity contribution in [2.24, 2.45) is 5.73 Å². The third kappa shape index (κ3) is 5.96. The minimum absolute atomic E-state index is 0.0662. The fourth-order valence-electron chi connectivity index (χ4n) is 1.78. The van der Waals surface area contributed by atoms with Crippen molar-refractivity contribution >= 4 is 15.9 Å². The van der Waals surface area contributed by atoms with E-state index in [0.29, 0.717) is 0 Å². The van der Waals surface area contributed by atoms with Gasteiger partial charge in [-0.05, 0) is 51.1 Å². The van der Waals surface area contributed by atoms with Crippen molar-refractivity contribution in [1.29, 1.82) is 0 Å².